The van der Waals surface area contributed by atoms with Crippen molar-refractivity contribution < 1.29 is 18.3 Å². The molecule has 0 aliphatic carbocycles. The lowest BCUT2D eigenvalue weighted by Crippen LogP contribution is -2.59. The van der Waals surface area contributed by atoms with Crippen LogP contribution in [-0.2, 0) is 4.79 Å². The molecule has 1 saturated heterocycles. The molecule has 2 aliphatic rings. The highest BCUT2D eigenvalue weighted by atomic mass is 19.1. The summed E-state index contributed by atoms with van der Waals surface area (Å²) in [6.07, 6.45) is 2.93. The molecule has 228 valence electrons. The van der Waals surface area contributed by atoms with Gasteiger partial charge in [-0.15, -0.1) is 0 Å². The van der Waals surface area contributed by atoms with Crippen LogP contribution in [0, 0.1) is 11.6 Å². The molecule has 2 atom stereocenters. The molecular formula is C32H33F2N7O3. The Morgan fingerprint density at radius 1 is 1.14 bits per heavy atom. The second-order valence-corrected chi connectivity index (χ2v) is 11.3. The first-order valence-electron chi connectivity index (χ1n) is 14.6. The Hall–Kier alpha value is -4.87. The SMILES string of the molecule is C=CC(=O)N1CCN(c2nc(=O)n3c4nc(c(F)cc24)-c2c(F)cccc2OCCNc2ccnc(C(C)C)c2-3)[C@@H](C)[C@H]1C. The van der Waals surface area contributed by atoms with Gasteiger partial charge in [-0.05, 0) is 50.1 Å². The molecule has 1 aromatic carbocycles. The number of carbonyl (C=O) groups is 1. The number of rotatable bonds is 3. The van der Waals surface area contributed by atoms with E-state index in [1.54, 1.807) is 23.2 Å². The number of halogens is 2. The van der Waals surface area contributed by atoms with Crippen molar-refractivity contribution in [2.24, 2.45) is 0 Å². The van der Waals surface area contributed by atoms with Crippen molar-refractivity contribution >= 4 is 28.4 Å². The van der Waals surface area contributed by atoms with E-state index in [1.807, 2.05) is 32.6 Å². The minimum Gasteiger partial charge on any atom is -0.491 e. The largest absolute Gasteiger partial charge is 0.491 e. The van der Waals surface area contributed by atoms with Crippen LogP contribution in [0.3, 0.4) is 0 Å². The summed E-state index contributed by atoms with van der Waals surface area (Å²) < 4.78 is 38.8. The summed E-state index contributed by atoms with van der Waals surface area (Å²) in [7, 11) is 0. The highest BCUT2D eigenvalue weighted by molar-refractivity contribution is 5.92. The van der Waals surface area contributed by atoms with Crippen LogP contribution in [0.4, 0.5) is 20.3 Å². The lowest BCUT2D eigenvalue weighted by atomic mass is 10.0. The van der Waals surface area contributed by atoms with Gasteiger partial charge in [0.05, 0.1) is 28.0 Å². The predicted molar refractivity (Wildman–Crippen MR) is 165 cm³/mol. The molecule has 5 heterocycles. The van der Waals surface area contributed by atoms with Gasteiger partial charge in [-0.2, -0.15) is 4.98 Å². The number of nitrogens with zero attached hydrogens (tertiary/aromatic N) is 6. The zero-order valence-corrected chi connectivity index (χ0v) is 25.0. The minimum atomic E-state index is -0.799. The van der Waals surface area contributed by atoms with E-state index in [4.69, 9.17) is 4.74 Å². The third-order valence-electron chi connectivity index (χ3n) is 8.40. The zero-order valence-electron chi connectivity index (χ0n) is 25.0. The van der Waals surface area contributed by atoms with E-state index in [1.165, 1.54) is 28.8 Å². The van der Waals surface area contributed by atoms with Crippen LogP contribution in [0.2, 0.25) is 0 Å². The van der Waals surface area contributed by atoms with Crippen molar-refractivity contribution in [3.05, 3.63) is 77.0 Å². The highest BCUT2D eigenvalue weighted by Gasteiger charge is 2.35. The summed E-state index contributed by atoms with van der Waals surface area (Å²) in [5, 5.41) is 3.58. The number of anilines is 2. The van der Waals surface area contributed by atoms with Gasteiger partial charge in [-0.1, -0.05) is 26.5 Å². The van der Waals surface area contributed by atoms with Gasteiger partial charge in [-0.25, -0.2) is 23.1 Å². The second-order valence-electron chi connectivity index (χ2n) is 11.3. The lowest BCUT2D eigenvalue weighted by molar-refractivity contribution is -0.129. The maximum Gasteiger partial charge on any atom is 0.355 e. The fourth-order valence-corrected chi connectivity index (χ4v) is 6.04. The molecule has 2 bridgehead atoms. The van der Waals surface area contributed by atoms with E-state index in [9.17, 15) is 9.59 Å². The zero-order chi connectivity index (χ0) is 31.3. The van der Waals surface area contributed by atoms with Crippen LogP contribution in [0.25, 0.3) is 28.0 Å². The predicted octanol–water partition coefficient (Wildman–Crippen LogP) is 4.66. The Labute approximate surface area is 253 Å². The Balaban J connectivity index is 1.69. The van der Waals surface area contributed by atoms with Crippen LogP contribution in [0.1, 0.15) is 39.3 Å². The molecule has 1 fully saturated rings. The van der Waals surface area contributed by atoms with Gasteiger partial charge in [0.15, 0.2) is 11.5 Å². The number of ether oxygens (including phenoxy) is 1. The van der Waals surface area contributed by atoms with Crippen molar-refractivity contribution in [1.29, 1.82) is 0 Å². The molecular weight excluding hydrogens is 568 g/mol. The minimum absolute atomic E-state index is 0.0913. The molecule has 2 aliphatic heterocycles. The first-order chi connectivity index (χ1) is 21.1. The van der Waals surface area contributed by atoms with E-state index < -0.39 is 17.3 Å². The topological polar surface area (TPSA) is 105 Å². The molecule has 6 rings (SSSR count). The van der Waals surface area contributed by atoms with Gasteiger partial charge in [0.1, 0.15) is 29.7 Å². The first kappa shape index (κ1) is 29.2. The van der Waals surface area contributed by atoms with Crippen LogP contribution in [0.5, 0.6) is 5.75 Å². The molecule has 10 nitrogen and oxygen atoms in total. The number of piperazine rings is 1. The fraction of sp³-hybridized carbons (Fsp3) is 0.344. The van der Waals surface area contributed by atoms with Crippen LogP contribution in [-0.4, -0.2) is 68.7 Å². The molecule has 12 heteroatoms. The molecule has 3 aromatic heterocycles. The first-order valence-corrected chi connectivity index (χ1v) is 14.6. The number of fused-ring (bicyclic) bond motifs is 5. The number of hydrogen-bond acceptors (Lipinski definition) is 8. The van der Waals surface area contributed by atoms with Gasteiger partial charge >= 0.3 is 5.69 Å². The standard InChI is InChI=1S/C32H33F2N7O3/c1-6-25(42)39-13-14-40(19(5)18(39)4)30-20-16-22(34)28-26-21(33)8-7-9-24(26)44-15-12-35-23-10-11-36-27(17(2)3)29(23)41(31(20)37-28)32(43)38-30/h6-11,16-19,35H,1,12-15H2,2-5H3/t18-,19+/m1/s1. The normalized spacial score (nSPS) is 18.2. The number of pyridine rings is 2. The fourth-order valence-electron chi connectivity index (χ4n) is 6.04. The molecule has 0 unspecified atom stereocenters. The highest BCUT2D eigenvalue weighted by Crippen LogP contribution is 2.38. The summed E-state index contributed by atoms with van der Waals surface area (Å²) in [4.78, 5) is 44.0. The van der Waals surface area contributed by atoms with E-state index in [2.05, 4.69) is 26.8 Å². The average molecular weight is 602 g/mol. The third-order valence-corrected chi connectivity index (χ3v) is 8.40. The Kier molecular flexibility index (Phi) is 7.52. The van der Waals surface area contributed by atoms with E-state index in [0.29, 0.717) is 36.7 Å². The number of benzene rings is 1. The van der Waals surface area contributed by atoms with E-state index >= 15 is 8.78 Å². The lowest BCUT2D eigenvalue weighted by Gasteiger charge is -2.45. The number of aromatic nitrogens is 4. The quantitative estimate of drug-likeness (QED) is 0.338. The summed E-state index contributed by atoms with van der Waals surface area (Å²) in [6, 6.07) is 6.70. The van der Waals surface area contributed by atoms with Crippen LogP contribution < -0.4 is 20.6 Å². The summed E-state index contributed by atoms with van der Waals surface area (Å²) in [6.45, 7) is 12.5. The average Bonchev–Trinajstić information content (AvgIpc) is 2.99. The summed E-state index contributed by atoms with van der Waals surface area (Å²) >= 11 is 0. The van der Waals surface area contributed by atoms with Crippen molar-refractivity contribution in [1.82, 2.24) is 24.4 Å². The third kappa shape index (κ3) is 4.74. The number of hydrogen-bond donors (Lipinski definition) is 1. The van der Waals surface area contributed by atoms with Crippen molar-refractivity contribution in [3.8, 4) is 22.7 Å². The van der Waals surface area contributed by atoms with Gasteiger partial charge in [0.25, 0.3) is 0 Å². The molecule has 1 amide bonds. The van der Waals surface area contributed by atoms with Crippen molar-refractivity contribution in [2.75, 3.05) is 36.5 Å². The Morgan fingerprint density at radius 2 is 1.93 bits per heavy atom. The summed E-state index contributed by atoms with van der Waals surface area (Å²) in [5.41, 5.74) is 0.636. The second kappa shape index (κ2) is 11.3. The molecule has 1 N–H and O–H groups in total. The molecule has 44 heavy (non-hydrogen) atoms. The maximum absolute atomic E-state index is 16.2. The van der Waals surface area contributed by atoms with Gasteiger partial charge in [0, 0.05) is 37.9 Å². The summed E-state index contributed by atoms with van der Waals surface area (Å²) in [5.74, 6) is -1.46. The van der Waals surface area contributed by atoms with Crippen molar-refractivity contribution in [2.45, 2.75) is 45.7 Å². The molecule has 0 spiro atoms. The van der Waals surface area contributed by atoms with E-state index in [0.717, 1.165) is 0 Å². The monoisotopic (exact) mass is 601 g/mol. The molecule has 4 aromatic rings. The molecule has 0 saturated carbocycles. The molecule has 0 radical (unpaired) electrons. The number of amides is 1. The van der Waals surface area contributed by atoms with Crippen LogP contribution >= 0.6 is 0 Å². The number of nitrogens with one attached hydrogen (secondary N) is 1. The van der Waals surface area contributed by atoms with Gasteiger partial charge < -0.3 is 19.9 Å². The van der Waals surface area contributed by atoms with E-state index in [-0.39, 0.29) is 64.4 Å². The maximum atomic E-state index is 16.2. The Bertz CT molecular complexity index is 1860. The van der Waals surface area contributed by atoms with Gasteiger partial charge in [0.2, 0.25) is 5.91 Å². The van der Waals surface area contributed by atoms with Crippen molar-refractivity contribution in [3.63, 3.8) is 0 Å². The Morgan fingerprint density at radius 3 is 2.68 bits per heavy atom. The smallest absolute Gasteiger partial charge is 0.355 e. The van der Waals surface area contributed by atoms with Crippen LogP contribution in [0.15, 0.2) is 54.0 Å². The number of carbonyl (C=O) groups excluding carboxylic acids is 1. The van der Waals surface area contributed by atoms with Gasteiger partial charge in [-0.3, -0.25) is 9.78 Å².